The molecule has 2 N–H and O–H groups in total. The summed E-state index contributed by atoms with van der Waals surface area (Å²) in [6.45, 7) is 7.16. The van der Waals surface area contributed by atoms with Gasteiger partial charge in [-0.3, -0.25) is 0 Å². The molecule has 1 aromatic rings. The third-order valence-electron chi connectivity index (χ3n) is 2.31. The van der Waals surface area contributed by atoms with E-state index in [1.54, 1.807) is 11.3 Å². The lowest BCUT2D eigenvalue weighted by atomic mass is 9.93. The van der Waals surface area contributed by atoms with Gasteiger partial charge >= 0.3 is 0 Å². The Balaban J connectivity index is 2.46. The molecule has 1 heterocycles. The quantitative estimate of drug-likeness (QED) is 0.904. The van der Waals surface area contributed by atoms with Crippen molar-refractivity contribution in [2.45, 2.75) is 20.4 Å². The number of nitrogens with zero attached hydrogens (tertiary/aromatic N) is 1. The van der Waals surface area contributed by atoms with Crippen molar-refractivity contribution in [2.24, 2.45) is 11.1 Å². The average Bonchev–Trinajstić information content (AvgIpc) is 2.50. The highest BCUT2D eigenvalue weighted by Gasteiger charge is 2.18. The summed E-state index contributed by atoms with van der Waals surface area (Å²) in [7, 11) is 2.14. The molecule has 0 amide bonds. The van der Waals surface area contributed by atoms with E-state index in [9.17, 15) is 0 Å². The molecule has 0 saturated heterocycles. The van der Waals surface area contributed by atoms with Crippen LogP contribution in [0.1, 0.15) is 18.7 Å². The number of halogens is 1. The van der Waals surface area contributed by atoms with Crippen molar-refractivity contribution >= 4 is 27.3 Å². The highest BCUT2D eigenvalue weighted by atomic mass is 79.9. The Morgan fingerprint density at radius 1 is 1.47 bits per heavy atom. The first-order valence-electron chi connectivity index (χ1n) is 5.06. The van der Waals surface area contributed by atoms with E-state index >= 15 is 0 Å². The fraction of sp³-hybridized carbons (Fsp3) is 0.636. The minimum absolute atomic E-state index is 0.198. The van der Waals surface area contributed by atoms with Crippen molar-refractivity contribution < 1.29 is 0 Å². The molecule has 0 aromatic carbocycles. The molecule has 0 aliphatic heterocycles. The summed E-state index contributed by atoms with van der Waals surface area (Å²) in [6, 6.07) is 4.27. The summed E-state index contributed by atoms with van der Waals surface area (Å²) >= 11 is 5.27. The molecule has 4 heteroatoms. The largest absolute Gasteiger partial charge is 0.330 e. The second-order valence-electron chi connectivity index (χ2n) is 4.75. The van der Waals surface area contributed by atoms with Crippen LogP contribution in [0.4, 0.5) is 0 Å². The molecule has 2 nitrogen and oxygen atoms in total. The molecular formula is C11H19BrN2S. The van der Waals surface area contributed by atoms with E-state index in [1.807, 2.05) is 0 Å². The fourth-order valence-corrected chi connectivity index (χ4v) is 3.12. The Morgan fingerprint density at radius 3 is 2.60 bits per heavy atom. The van der Waals surface area contributed by atoms with Crippen LogP contribution in [0.3, 0.4) is 0 Å². The van der Waals surface area contributed by atoms with Gasteiger partial charge in [-0.15, -0.1) is 11.3 Å². The number of rotatable bonds is 5. The third-order valence-corrected chi connectivity index (χ3v) is 3.91. The van der Waals surface area contributed by atoms with Crippen molar-refractivity contribution in [3.8, 4) is 0 Å². The molecule has 0 saturated carbocycles. The molecule has 0 bridgehead atoms. The van der Waals surface area contributed by atoms with Gasteiger partial charge < -0.3 is 10.6 Å². The first kappa shape index (κ1) is 13.2. The highest BCUT2D eigenvalue weighted by molar-refractivity contribution is 9.11. The molecule has 1 aromatic heterocycles. The number of hydrogen-bond donors (Lipinski definition) is 1. The van der Waals surface area contributed by atoms with Gasteiger partial charge in [0, 0.05) is 18.0 Å². The summed E-state index contributed by atoms with van der Waals surface area (Å²) in [5.41, 5.74) is 5.92. The van der Waals surface area contributed by atoms with Crippen LogP contribution in [-0.4, -0.2) is 25.0 Å². The predicted molar refractivity (Wildman–Crippen MR) is 71.2 cm³/mol. The van der Waals surface area contributed by atoms with Crippen molar-refractivity contribution in [2.75, 3.05) is 20.1 Å². The number of hydrogen-bond acceptors (Lipinski definition) is 3. The normalized spacial score (nSPS) is 12.4. The Kier molecular flexibility index (Phi) is 4.77. The smallest absolute Gasteiger partial charge is 0.0701 e. The minimum atomic E-state index is 0.198. The molecule has 86 valence electrons. The average molecular weight is 291 g/mol. The van der Waals surface area contributed by atoms with Gasteiger partial charge in [0.15, 0.2) is 0 Å². The van der Waals surface area contributed by atoms with Gasteiger partial charge in [0.2, 0.25) is 0 Å². The molecule has 0 aliphatic rings. The van der Waals surface area contributed by atoms with Gasteiger partial charge in [0.05, 0.1) is 3.79 Å². The van der Waals surface area contributed by atoms with Crippen LogP contribution in [0.25, 0.3) is 0 Å². The standard InChI is InChI=1S/C11H19BrN2S/c1-11(2,7-13)8-14(3)6-9-4-5-10(12)15-9/h4-5H,6-8,13H2,1-3H3. The maximum atomic E-state index is 5.72. The molecule has 0 aliphatic carbocycles. The van der Waals surface area contributed by atoms with Gasteiger partial charge in [-0.05, 0) is 47.1 Å². The monoisotopic (exact) mass is 290 g/mol. The number of thiophene rings is 1. The SMILES string of the molecule is CN(Cc1ccc(Br)s1)CC(C)(C)CN. The van der Waals surface area contributed by atoms with Crippen molar-refractivity contribution in [1.82, 2.24) is 4.90 Å². The van der Waals surface area contributed by atoms with E-state index in [1.165, 1.54) is 8.66 Å². The Bertz CT molecular complexity index is 309. The lowest BCUT2D eigenvalue weighted by Gasteiger charge is -2.28. The van der Waals surface area contributed by atoms with Crippen LogP contribution in [0.2, 0.25) is 0 Å². The van der Waals surface area contributed by atoms with Crippen molar-refractivity contribution in [3.63, 3.8) is 0 Å². The van der Waals surface area contributed by atoms with Crippen LogP contribution in [0.5, 0.6) is 0 Å². The van der Waals surface area contributed by atoms with Crippen LogP contribution in [-0.2, 0) is 6.54 Å². The van der Waals surface area contributed by atoms with Crippen molar-refractivity contribution in [3.05, 3.63) is 20.8 Å². The first-order valence-corrected chi connectivity index (χ1v) is 6.67. The molecule has 15 heavy (non-hydrogen) atoms. The van der Waals surface area contributed by atoms with Gasteiger partial charge in [-0.2, -0.15) is 0 Å². The molecular weight excluding hydrogens is 272 g/mol. The Morgan fingerprint density at radius 2 is 2.13 bits per heavy atom. The highest BCUT2D eigenvalue weighted by Crippen LogP contribution is 2.24. The first-order chi connectivity index (χ1) is 6.93. The zero-order valence-electron chi connectivity index (χ0n) is 9.59. The van der Waals surface area contributed by atoms with Gasteiger partial charge in [-0.1, -0.05) is 13.8 Å². The topological polar surface area (TPSA) is 29.3 Å². The van der Waals surface area contributed by atoms with Crippen LogP contribution in [0, 0.1) is 5.41 Å². The zero-order valence-corrected chi connectivity index (χ0v) is 12.0. The van der Waals surface area contributed by atoms with Crippen LogP contribution >= 0.6 is 27.3 Å². The van der Waals surface area contributed by atoms with Crippen molar-refractivity contribution in [1.29, 1.82) is 0 Å². The molecule has 0 atom stereocenters. The van der Waals surface area contributed by atoms with E-state index < -0.39 is 0 Å². The lowest BCUT2D eigenvalue weighted by Crippen LogP contribution is -2.36. The van der Waals surface area contributed by atoms with E-state index in [2.05, 4.69) is 53.9 Å². The summed E-state index contributed by atoms with van der Waals surface area (Å²) in [4.78, 5) is 3.71. The van der Waals surface area contributed by atoms with E-state index in [0.29, 0.717) is 0 Å². The van der Waals surface area contributed by atoms with E-state index in [0.717, 1.165) is 19.6 Å². The maximum absolute atomic E-state index is 5.72. The molecule has 0 spiro atoms. The summed E-state index contributed by atoms with van der Waals surface area (Å²) in [5.74, 6) is 0. The second-order valence-corrected chi connectivity index (χ2v) is 7.29. The van der Waals surface area contributed by atoms with Gasteiger partial charge in [0.25, 0.3) is 0 Å². The predicted octanol–water partition coefficient (Wildman–Crippen LogP) is 2.93. The number of nitrogens with two attached hydrogens (primary N) is 1. The Hall–Kier alpha value is 0.1000. The lowest BCUT2D eigenvalue weighted by molar-refractivity contribution is 0.211. The summed E-state index contributed by atoms with van der Waals surface area (Å²) < 4.78 is 1.20. The fourth-order valence-electron chi connectivity index (χ4n) is 1.55. The van der Waals surface area contributed by atoms with Gasteiger partial charge in [0.1, 0.15) is 0 Å². The minimum Gasteiger partial charge on any atom is -0.330 e. The molecule has 0 fully saturated rings. The molecule has 0 unspecified atom stereocenters. The van der Waals surface area contributed by atoms with Crippen LogP contribution in [0.15, 0.2) is 15.9 Å². The third kappa shape index (κ3) is 4.64. The van der Waals surface area contributed by atoms with E-state index in [4.69, 9.17) is 5.73 Å². The summed E-state index contributed by atoms with van der Waals surface area (Å²) in [5, 5.41) is 0. The second kappa shape index (κ2) is 5.43. The maximum Gasteiger partial charge on any atom is 0.0701 e. The zero-order chi connectivity index (χ0) is 11.5. The Labute approximate surface area is 105 Å². The molecule has 0 radical (unpaired) electrons. The molecule has 1 rings (SSSR count). The van der Waals surface area contributed by atoms with E-state index in [-0.39, 0.29) is 5.41 Å². The van der Waals surface area contributed by atoms with Crippen LogP contribution < -0.4 is 5.73 Å². The summed E-state index contributed by atoms with van der Waals surface area (Å²) in [6.07, 6.45) is 0. The van der Waals surface area contributed by atoms with Gasteiger partial charge in [-0.25, -0.2) is 0 Å².